The van der Waals surface area contributed by atoms with Crippen LogP contribution in [0, 0.1) is 5.92 Å². The van der Waals surface area contributed by atoms with Gasteiger partial charge in [-0.1, -0.05) is 26.0 Å². The standard InChI is InChI=1S/C14H21NO3/c1-10(2)7-13(15)14(16)18-9-11-5-4-6-12(8-11)17-3/h4-6,8,10,13H,7,9,15H2,1-3H3. The first-order valence-electron chi connectivity index (χ1n) is 6.08. The van der Waals surface area contributed by atoms with Crippen molar-refractivity contribution in [3.8, 4) is 5.75 Å². The molecule has 0 aromatic heterocycles. The summed E-state index contributed by atoms with van der Waals surface area (Å²) in [6.45, 7) is 4.27. The number of benzene rings is 1. The molecule has 4 heteroatoms. The second kappa shape index (κ2) is 7.01. The fourth-order valence-corrected chi connectivity index (χ4v) is 1.63. The molecule has 0 fully saturated rings. The van der Waals surface area contributed by atoms with Crippen molar-refractivity contribution in [2.24, 2.45) is 11.7 Å². The Morgan fingerprint density at radius 3 is 2.72 bits per heavy atom. The molecule has 1 unspecified atom stereocenters. The van der Waals surface area contributed by atoms with E-state index < -0.39 is 6.04 Å². The maximum atomic E-state index is 11.6. The SMILES string of the molecule is COc1cccc(COC(=O)C(N)CC(C)C)c1. The van der Waals surface area contributed by atoms with Crippen LogP contribution in [0.5, 0.6) is 5.75 Å². The van der Waals surface area contributed by atoms with Crippen molar-refractivity contribution >= 4 is 5.97 Å². The van der Waals surface area contributed by atoms with E-state index in [0.29, 0.717) is 12.3 Å². The van der Waals surface area contributed by atoms with Crippen LogP contribution in [0.15, 0.2) is 24.3 Å². The van der Waals surface area contributed by atoms with E-state index in [2.05, 4.69) is 0 Å². The predicted molar refractivity (Wildman–Crippen MR) is 70.2 cm³/mol. The van der Waals surface area contributed by atoms with Gasteiger partial charge in [0.05, 0.1) is 7.11 Å². The Labute approximate surface area is 108 Å². The van der Waals surface area contributed by atoms with Gasteiger partial charge in [-0.05, 0) is 30.0 Å². The Morgan fingerprint density at radius 2 is 2.11 bits per heavy atom. The Bertz CT molecular complexity index is 390. The lowest BCUT2D eigenvalue weighted by Gasteiger charge is -2.13. The maximum Gasteiger partial charge on any atom is 0.323 e. The van der Waals surface area contributed by atoms with E-state index in [1.807, 2.05) is 38.1 Å². The van der Waals surface area contributed by atoms with E-state index in [1.165, 1.54) is 0 Å². The fraction of sp³-hybridized carbons (Fsp3) is 0.500. The van der Waals surface area contributed by atoms with Crippen molar-refractivity contribution < 1.29 is 14.3 Å². The van der Waals surface area contributed by atoms with Gasteiger partial charge in [-0.3, -0.25) is 4.79 Å². The average molecular weight is 251 g/mol. The highest BCUT2D eigenvalue weighted by molar-refractivity contribution is 5.75. The summed E-state index contributed by atoms with van der Waals surface area (Å²) in [6.07, 6.45) is 0.636. The van der Waals surface area contributed by atoms with E-state index in [4.69, 9.17) is 15.2 Å². The van der Waals surface area contributed by atoms with Crippen LogP contribution in [0.25, 0.3) is 0 Å². The molecule has 0 spiro atoms. The average Bonchev–Trinajstić information content (AvgIpc) is 2.35. The second-order valence-corrected chi connectivity index (χ2v) is 4.70. The summed E-state index contributed by atoms with van der Waals surface area (Å²) in [5, 5.41) is 0. The van der Waals surface area contributed by atoms with Crippen LogP contribution in [0.3, 0.4) is 0 Å². The summed E-state index contributed by atoms with van der Waals surface area (Å²) >= 11 is 0. The van der Waals surface area contributed by atoms with Gasteiger partial charge in [-0.25, -0.2) is 0 Å². The van der Waals surface area contributed by atoms with Gasteiger partial charge in [-0.15, -0.1) is 0 Å². The molecular formula is C14H21NO3. The van der Waals surface area contributed by atoms with E-state index in [0.717, 1.165) is 11.3 Å². The van der Waals surface area contributed by atoms with Gasteiger partial charge < -0.3 is 15.2 Å². The van der Waals surface area contributed by atoms with E-state index in [9.17, 15) is 4.79 Å². The number of nitrogens with two attached hydrogens (primary N) is 1. The number of esters is 1. The highest BCUT2D eigenvalue weighted by atomic mass is 16.5. The van der Waals surface area contributed by atoms with Crippen LogP contribution in [0.2, 0.25) is 0 Å². The summed E-state index contributed by atoms with van der Waals surface area (Å²) < 4.78 is 10.3. The molecule has 0 saturated carbocycles. The van der Waals surface area contributed by atoms with E-state index >= 15 is 0 Å². The van der Waals surface area contributed by atoms with Crippen LogP contribution in [0.1, 0.15) is 25.8 Å². The Balaban J connectivity index is 2.46. The van der Waals surface area contributed by atoms with E-state index in [1.54, 1.807) is 7.11 Å². The smallest absolute Gasteiger partial charge is 0.323 e. The van der Waals surface area contributed by atoms with Crippen molar-refractivity contribution in [2.75, 3.05) is 7.11 Å². The normalized spacial score (nSPS) is 12.3. The molecule has 1 aromatic carbocycles. The third kappa shape index (κ3) is 4.75. The highest BCUT2D eigenvalue weighted by Gasteiger charge is 2.16. The molecule has 0 aliphatic rings. The van der Waals surface area contributed by atoms with Crippen LogP contribution in [-0.4, -0.2) is 19.1 Å². The number of carbonyl (C=O) groups is 1. The Hall–Kier alpha value is -1.55. The molecule has 2 N–H and O–H groups in total. The molecule has 0 radical (unpaired) electrons. The quantitative estimate of drug-likeness (QED) is 0.787. The first-order chi connectivity index (χ1) is 8.52. The lowest BCUT2D eigenvalue weighted by molar-refractivity contribution is -0.146. The predicted octanol–water partition coefficient (Wildman–Crippen LogP) is 2.11. The van der Waals surface area contributed by atoms with Gasteiger partial charge in [-0.2, -0.15) is 0 Å². The molecule has 1 aromatic rings. The zero-order valence-electron chi connectivity index (χ0n) is 11.2. The molecule has 0 aliphatic heterocycles. The van der Waals surface area contributed by atoms with Gasteiger partial charge >= 0.3 is 5.97 Å². The number of rotatable bonds is 6. The van der Waals surface area contributed by atoms with Crippen LogP contribution in [0.4, 0.5) is 0 Å². The van der Waals surface area contributed by atoms with Crippen molar-refractivity contribution in [2.45, 2.75) is 32.9 Å². The third-order valence-corrected chi connectivity index (χ3v) is 2.54. The number of hydrogen-bond acceptors (Lipinski definition) is 4. The highest BCUT2D eigenvalue weighted by Crippen LogP contribution is 2.13. The zero-order chi connectivity index (χ0) is 13.5. The summed E-state index contributed by atoms with van der Waals surface area (Å²) in [5.41, 5.74) is 6.63. The van der Waals surface area contributed by atoms with Crippen molar-refractivity contribution in [1.82, 2.24) is 0 Å². The third-order valence-electron chi connectivity index (χ3n) is 2.54. The summed E-state index contributed by atoms with van der Waals surface area (Å²) in [4.78, 5) is 11.6. The molecule has 100 valence electrons. The lowest BCUT2D eigenvalue weighted by atomic mass is 10.1. The molecular weight excluding hydrogens is 230 g/mol. The Kier molecular flexibility index (Phi) is 5.65. The van der Waals surface area contributed by atoms with Gasteiger partial charge in [0.2, 0.25) is 0 Å². The first-order valence-corrected chi connectivity index (χ1v) is 6.08. The van der Waals surface area contributed by atoms with Crippen molar-refractivity contribution in [3.05, 3.63) is 29.8 Å². The fourth-order valence-electron chi connectivity index (χ4n) is 1.63. The maximum absolute atomic E-state index is 11.6. The monoisotopic (exact) mass is 251 g/mol. The number of methoxy groups -OCH3 is 1. The topological polar surface area (TPSA) is 61.5 Å². The molecule has 1 rings (SSSR count). The summed E-state index contributed by atoms with van der Waals surface area (Å²) in [6, 6.07) is 6.87. The minimum Gasteiger partial charge on any atom is -0.497 e. The van der Waals surface area contributed by atoms with Gasteiger partial charge in [0.1, 0.15) is 18.4 Å². The summed E-state index contributed by atoms with van der Waals surface area (Å²) in [5.74, 6) is 0.769. The number of carbonyl (C=O) groups excluding carboxylic acids is 1. The first kappa shape index (κ1) is 14.5. The van der Waals surface area contributed by atoms with Crippen LogP contribution < -0.4 is 10.5 Å². The van der Waals surface area contributed by atoms with Gasteiger partial charge in [0.15, 0.2) is 0 Å². The molecule has 0 heterocycles. The largest absolute Gasteiger partial charge is 0.497 e. The zero-order valence-corrected chi connectivity index (χ0v) is 11.2. The minimum absolute atomic E-state index is 0.224. The Morgan fingerprint density at radius 1 is 1.39 bits per heavy atom. The van der Waals surface area contributed by atoms with Crippen molar-refractivity contribution in [3.63, 3.8) is 0 Å². The second-order valence-electron chi connectivity index (χ2n) is 4.70. The van der Waals surface area contributed by atoms with Gasteiger partial charge in [0.25, 0.3) is 0 Å². The van der Waals surface area contributed by atoms with Crippen LogP contribution >= 0.6 is 0 Å². The molecule has 1 atom stereocenters. The van der Waals surface area contributed by atoms with Gasteiger partial charge in [0, 0.05) is 0 Å². The molecule has 0 aliphatic carbocycles. The number of ether oxygens (including phenoxy) is 2. The molecule has 4 nitrogen and oxygen atoms in total. The molecule has 0 saturated heterocycles. The van der Waals surface area contributed by atoms with Crippen LogP contribution in [-0.2, 0) is 16.1 Å². The molecule has 0 amide bonds. The number of hydrogen-bond donors (Lipinski definition) is 1. The van der Waals surface area contributed by atoms with Crippen molar-refractivity contribution in [1.29, 1.82) is 0 Å². The lowest BCUT2D eigenvalue weighted by Crippen LogP contribution is -2.33. The molecule has 18 heavy (non-hydrogen) atoms. The minimum atomic E-state index is -0.546. The van der Waals surface area contributed by atoms with E-state index in [-0.39, 0.29) is 12.6 Å². The molecule has 0 bridgehead atoms. The summed E-state index contributed by atoms with van der Waals surface area (Å²) in [7, 11) is 1.60.